The Balaban J connectivity index is 1.96. The van der Waals surface area contributed by atoms with Gasteiger partial charge in [0.1, 0.15) is 0 Å². The lowest BCUT2D eigenvalue weighted by molar-refractivity contribution is 0.100. The number of nitrogens with two attached hydrogens (primary N) is 1. The summed E-state index contributed by atoms with van der Waals surface area (Å²) in [5.74, 6) is -0.385. The fraction of sp³-hybridized carbons (Fsp3) is 0.350. The molecule has 122 valence electrons. The van der Waals surface area contributed by atoms with Crippen molar-refractivity contribution in [1.29, 1.82) is 0 Å². The van der Waals surface area contributed by atoms with Gasteiger partial charge in [0.15, 0.2) is 0 Å². The first-order valence-corrected chi connectivity index (χ1v) is 7.92. The SMILES string of the molecule is CN(Cc1ccc(C(N)=O)cc1)Cc1ccc(C(C)(C)C)cc1. The molecule has 0 saturated carbocycles. The molecule has 0 aliphatic carbocycles. The summed E-state index contributed by atoms with van der Waals surface area (Å²) in [6, 6.07) is 16.3. The van der Waals surface area contributed by atoms with Crippen LogP contribution in [0.3, 0.4) is 0 Å². The van der Waals surface area contributed by atoms with Gasteiger partial charge < -0.3 is 5.73 Å². The largest absolute Gasteiger partial charge is 0.366 e. The van der Waals surface area contributed by atoms with E-state index in [9.17, 15) is 4.79 Å². The first-order valence-electron chi connectivity index (χ1n) is 7.92. The smallest absolute Gasteiger partial charge is 0.248 e. The number of nitrogens with zero attached hydrogens (tertiary/aromatic N) is 1. The summed E-state index contributed by atoms with van der Waals surface area (Å²) in [5.41, 5.74) is 9.82. The van der Waals surface area contributed by atoms with Crippen LogP contribution in [-0.2, 0) is 18.5 Å². The molecule has 3 heteroatoms. The second-order valence-electron chi connectivity index (χ2n) is 7.18. The second-order valence-corrected chi connectivity index (χ2v) is 7.18. The number of carbonyl (C=O) groups is 1. The Morgan fingerprint density at radius 2 is 1.35 bits per heavy atom. The van der Waals surface area contributed by atoms with Gasteiger partial charge in [0, 0.05) is 18.7 Å². The molecule has 1 amide bonds. The molecule has 0 unspecified atom stereocenters. The summed E-state index contributed by atoms with van der Waals surface area (Å²) in [6.45, 7) is 8.40. The number of carbonyl (C=O) groups excluding carboxylic acids is 1. The van der Waals surface area contributed by atoms with E-state index >= 15 is 0 Å². The highest BCUT2D eigenvalue weighted by Gasteiger charge is 2.13. The van der Waals surface area contributed by atoms with E-state index in [-0.39, 0.29) is 11.3 Å². The molecule has 0 heterocycles. The van der Waals surface area contributed by atoms with Crippen molar-refractivity contribution in [2.75, 3.05) is 7.05 Å². The first-order chi connectivity index (χ1) is 10.8. The van der Waals surface area contributed by atoms with E-state index in [0.717, 1.165) is 13.1 Å². The molecule has 0 fully saturated rings. The molecule has 0 atom stereocenters. The summed E-state index contributed by atoms with van der Waals surface area (Å²) < 4.78 is 0. The van der Waals surface area contributed by atoms with Gasteiger partial charge in [-0.05, 0) is 41.3 Å². The maximum atomic E-state index is 11.1. The minimum atomic E-state index is -0.385. The molecule has 23 heavy (non-hydrogen) atoms. The van der Waals surface area contributed by atoms with Crippen LogP contribution in [0.25, 0.3) is 0 Å². The highest BCUT2D eigenvalue weighted by Crippen LogP contribution is 2.22. The first kappa shape index (κ1) is 17.2. The van der Waals surface area contributed by atoms with Gasteiger partial charge in [-0.2, -0.15) is 0 Å². The van der Waals surface area contributed by atoms with E-state index in [1.807, 2.05) is 12.1 Å². The average Bonchev–Trinajstić information content (AvgIpc) is 2.47. The monoisotopic (exact) mass is 310 g/mol. The minimum absolute atomic E-state index is 0.187. The van der Waals surface area contributed by atoms with Gasteiger partial charge in [-0.15, -0.1) is 0 Å². The number of amides is 1. The standard InChI is InChI=1S/C20H26N2O/c1-20(2,3)18-11-7-16(8-12-18)14-22(4)13-15-5-9-17(10-6-15)19(21)23/h5-12H,13-14H2,1-4H3,(H2,21,23). The van der Waals surface area contributed by atoms with E-state index in [1.54, 1.807) is 12.1 Å². The van der Waals surface area contributed by atoms with E-state index in [1.165, 1.54) is 16.7 Å². The van der Waals surface area contributed by atoms with Crippen LogP contribution in [0.1, 0.15) is 47.8 Å². The van der Waals surface area contributed by atoms with Gasteiger partial charge in [0.05, 0.1) is 0 Å². The third kappa shape index (κ3) is 4.93. The number of primary amides is 1. The third-order valence-corrected chi connectivity index (χ3v) is 3.96. The predicted molar refractivity (Wildman–Crippen MR) is 95.3 cm³/mol. The minimum Gasteiger partial charge on any atom is -0.366 e. The molecule has 2 aromatic carbocycles. The van der Waals surface area contributed by atoms with Crippen LogP contribution in [0.4, 0.5) is 0 Å². The molecule has 3 nitrogen and oxygen atoms in total. The molecular weight excluding hydrogens is 284 g/mol. The fourth-order valence-corrected chi connectivity index (χ4v) is 2.56. The maximum Gasteiger partial charge on any atom is 0.248 e. The Labute approximate surface area is 139 Å². The van der Waals surface area contributed by atoms with E-state index < -0.39 is 0 Å². The molecule has 0 aliphatic rings. The highest BCUT2D eigenvalue weighted by molar-refractivity contribution is 5.92. The third-order valence-electron chi connectivity index (χ3n) is 3.96. The van der Waals surface area contributed by atoms with Gasteiger partial charge in [-0.3, -0.25) is 9.69 Å². The topological polar surface area (TPSA) is 46.3 Å². The molecule has 0 bridgehead atoms. The predicted octanol–water partition coefficient (Wildman–Crippen LogP) is 3.72. The lowest BCUT2D eigenvalue weighted by atomic mass is 9.87. The summed E-state index contributed by atoms with van der Waals surface area (Å²) in [6.07, 6.45) is 0. The van der Waals surface area contributed by atoms with Gasteiger partial charge in [-0.1, -0.05) is 57.2 Å². The average molecular weight is 310 g/mol. The number of hydrogen-bond acceptors (Lipinski definition) is 2. The zero-order chi connectivity index (χ0) is 17.0. The van der Waals surface area contributed by atoms with Crippen LogP contribution < -0.4 is 5.73 Å². The quantitative estimate of drug-likeness (QED) is 0.915. The number of benzene rings is 2. The van der Waals surface area contributed by atoms with Gasteiger partial charge in [-0.25, -0.2) is 0 Å². The molecule has 0 radical (unpaired) electrons. The van der Waals surface area contributed by atoms with Crippen LogP contribution in [-0.4, -0.2) is 17.9 Å². The van der Waals surface area contributed by atoms with Crippen molar-refractivity contribution < 1.29 is 4.79 Å². The molecule has 2 rings (SSSR count). The molecule has 0 saturated heterocycles. The maximum absolute atomic E-state index is 11.1. The number of hydrogen-bond donors (Lipinski definition) is 1. The molecular formula is C20H26N2O. The second kappa shape index (κ2) is 6.97. The van der Waals surface area contributed by atoms with E-state index in [4.69, 9.17) is 5.73 Å². The van der Waals surface area contributed by atoms with Crippen molar-refractivity contribution in [3.05, 3.63) is 70.8 Å². The fourth-order valence-electron chi connectivity index (χ4n) is 2.56. The highest BCUT2D eigenvalue weighted by atomic mass is 16.1. The Morgan fingerprint density at radius 1 is 0.913 bits per heavy atom. The molecule has 0 aliphatic heterocycles. The van der Waals surface area contributed by atoms with Gasteiger partial charge in [0.25, 0.3) is 0 Å². The summed E-state index contributed by atoms with van der Waals surface area (Å²) in [5, 5.41) is 0. The molecule has 0 aromatic heterocycles. The van der Waals surface area contributed by atoms with Gasteiger partial charge >= 0.3 is 0 Å². The summed E-state index contributed by atoms with van der Waals surface area (Å²) in [7, 11) is 2.10. The Bertz CT molecular complexity index is 652. The van der Waals surface area contributed by atoms with E-state index in [0.29, 0.717) is 5.56 Å². The lowest BCUT2D eigenvalue weighted by Crippen LogP contribution is -2.18. The molecule has 0 spiro atoms. The van der Waals surface area contributed by atoms with Crippen LogP contribution in [0.2, 0.25) is 0 Å². The van der Waals surface area contributed by atoms with E-state index in [2.05, 4.69) is 57.0 Å². The lowest BCUT2D eigenvalue weighted by Gasteiger charge is -2.21. The van der Waals surface area contributed by atoms with Crippen LogP contribution >= 0.6 is 0 Å². The van der Waals surface area contributed by atoms with Gasteiger partial charge in [0.2, 0.25) is 5.91 Å². The number of rotatable bonds is 5. The van der Waals surface area contributed by atoms with Crippen molar-refractivity contribution in [2.45, 2.75) is 39.3 Å². The molecule has 2 N–H and O–H groups in total. The van der Waals surface area contributed by atoms with Crippen molar-refractivity contribution in [3.8, 4) is 0 Å². The van der Waals surface area contributed by atoms with Crippen LogP contribution in [0.5, 0.6) is 0 Å². The van der Waals surface area contributed by atoms with Crippen LogP contribution in [0, 0.1) is 0 Å². The molecule has 2 aromatic rings. The van der Waals surface area contributed by atoms with Crippen LogP contribution in [0.15, 0.2) is 48.5 Å². The zero-order valence-electron chi connectivity index (χ0n) is 14.5. The van der Waals surface area contributed by atoms with Crippen molar-refractivity contribution in [1.82, 2.24) is 4.90 Å². The van der Waals surface area contributed by atoms with Crippen molar-refractivity contribution >= 4 is 5.91 Å². The summed E-state index contributed by atoms with van der Waals surface area (Å²) >= 11 is 0. The zero-order valence-corrected chi connectivity index (χ0v) is 14.5. The Kier molecular flexibility index (Phi) is 5.22. The van der Waals surface area contributed by atoms with Crippen molar-refractivity contribution in [2.24, 2.45) is 5.73 Å². The summed E-state index contributed by atoms with van der Waals surface area (Å²) in [4.78, 5) is 13.3. The Hall–Kier alpha value is -2.13. The normalized spacial score (nSPS) is 11.7. The van der Waals surface area contributed by atoms with Crippen molar-refractivity contribution in [3.63, 3.8) is 0 Å². The Morgan fingerprint density at radius 3 is 1.74 bits per heavy atom.